The molecule has 1 aliphatic rings. The van der Waals surface area contributed by atoms with Crippen molar-refractivity contribution in [1.29, 1.82) is 0 Å². The van der Waals surface area contributed by atoms with Gasteiger partial charge in [-0.15, -0.1) is 6.58 Å². The molecule has 7 heteroatoms. The van der Waals surface area contributed by atoms with Crippen molar-refractivity contribution >= 4 is 29.6 Å². The van der Waals surface area contributed by atoms with Crippen LogP contribution >= 0.6 is 11.6 Å². The monoisotopic (exact) mass is 336 g/mol. The lowest BCUT2D eigenvalue weighted by Crippen LogP contribution is -2.30. The maximum absolute atomic E-state index is 12.2. The van der Waals surface area contributed by atoms with Crippen LogP contribution in [0.15, 0.2) is 30.5 Å². The molecule has 2 rings (SSSR count). The summed E-state index contributed by atoms with van der Waals surface area (Å²) in [6, 6.07) is 2.84. The summed E-state index contributed by atoms with van der Waals surface area (Å²) in [4.78, 5) is 25.0. The smallest absolute Gasteiger partial charge is 0.329 e. The van der Waals surface area contributed by atoms with E-state index in [2.05, 4.69) is 11.9 Å². The van der Waals surface area contributed by atoms with E-state index in [1.54, 1.807) is 12.1 Å². The third-order valence-electron chi connectivity index (χ3n) is 3.13. The number of benzene rings is 1. The van der Waals surface area contributed by atoms with Gasteiger partial charge in [-0.25, -0.2) is 4.79 Å². The summed E-state index contributed by atoms with van der Waals surface area (Å²) in [5, 5.41) is 2.88. The normalized spacial score (nSPS) is 15.8. The first-order chi connectivity index (χ1) is 11.0. The van der Waals surface area contributed by atoms with E-state index in [9.17, 15) is 9.59 Å². The average molecular weight is 337 g/mol. The lowest BCUT2D eigenvalue weighted by Gasteiger charge is -2.12. The van der Waals surface area contributed by atoms with Crippen molar-refractivity contribution in [2.24, 2.45) is 0 Å². The van der Waals surface area contributed by atoms with Gasteiger partial charge in [0.25, 0.3) is 5.91 Å². The number of urea groups is 1. The SMILES string of the molecule is C=CCN1C(=O)N/C(=C/c2cc(Cl)c(OCC)c(OC)c2)C1=O. The largest absolute Gasteiger partial charge is 0.493 e. The van der Waals surface area contributed by atoms with E-state index < -0.39 is 11.9 Å². The van der Waals surface area contributed by atoms with E-state index in [1.165, 1.54) is 19.3 Å². The molecule has 1 aromatic rings. The fourth-order valence-electron chi connectivity index (χ4n) is 2.14. The van der Waals surface area contributed by atoms with Gasteiger partial charge < -0.3 is 14.8 Å². The standard InChI is InChI=1S/C16H17ClN2O4/c1-4-6-19-15(20)12(18-16(19)21)8-10-7-11(17)14(23-5-2)13(9-10)22-3/h4,7-9H,1,5-6H2,2-3H3,(H,18,21)/b12-8+. The summed E-state index contributed by atoms with van der Waals surface area (Å²) < 4.78 is 10.7. The number of hydrogen-bond acceptors (Lipinski definition) is 4. The number of ether oxygens (including phenoxy) is 2. The molecule has 0 bridgehead atoms. The molecular weight excluding hydrogens is 320 g/mol. The predicted octanol–water partition coefficient (Wildman–Crippen LogP) is 2.83. The second-order valence-electron chi connectivity index (χ2n) is 4.66. The number of halogens is 1. The van der Waals surface area contributed by atoms with E-state index in [-0.39, 0.29) is 12.2 Å². The van der Waals surface area contributed by atoms with Crippen LogP contribution in [0.25, 0.3) is 6.08 Å². The number of rotatable bonds is 6. The minimum atomic E-state index is -0.481. The van der Waals surface area contributed by atoms with Gasteiger partial charge in [0.1, 0.15) is 5.70 Å². The van der Waals surface area contributed by atoms with Crippen molar-refractivity contribution in [3.05, 3.63) is 41.1 Å². The molecule has 0 aliphatic carbocycles. The van der Waals surface area contributed by atoms with E-state index in [0.29, 0.717) is 28.7 Å². The van der Waals surface area contributed by atoms with E-state index in [1.807, 2.05) is 6.92 Å². The Morgan fingerprint density at radius 3 is 2.74 bits per heavy atom. The van der Waals surface area contributed by atoms with Crippen LogP contribution in [-0.4, -0.2) is 37.1 Å². The zero-order valence-corrected chi connectivity index (χ0v) is 13.6. The zero-order valence-electron chi connectivity index (χ0n) is 12.9. The fraction of sp³-hybridized carbons (Fsp3) is 0.250. The van der Waals surface area contributed by atoms with Crippen LogP contribution in [0.1, 0.15) is 12.5 Å². The minimum absolute atomic E-state index is 0.148. The maximum Gasteiger partial charge on any atom is 0.329 e. The summed E-state index contributed by atoms with van der Waals surface area (Å²) in [6.07, 6.45) is 3.02. The average Bonchev–Trinajstić information content (AvgIpc) is 2.77. The van der Waals surface area contributed by atoms with Crippen molar-refractivity contribution in [2.75, 3.05) is 20.3 Å². The number of amides is 3. The quantitative estimate of drug-likeness (QED) is 0.493. The van der Waals surface area contributed by atoms with Gasteiger partial charge in [-0.3, -0.25) is 9.69 Å². The Labute approximate surface area is 139 Å². The van der Waals surface area contributed by atoms with Gasteiger partial charge in [-0.1, -0.05) is 17.7 Å². The molecule has 1 aliphatic heterocycles. The summed E-state index contributed by atoms with van der Waals surface area (Å²) >= 11 is 6.19. The van der Waals surface area contributed by atoms with Crippen molar-refractivity contribution in [3.63, 3.8) is 0 Å². The third-order valence-corrected chi connectivity index (χ3v) is 3.41. The van der Waals surface area contributed by atoms with Crippen LogP contribution < -0.4 is 14.8 Å². The Hall–Kier alpha value is -2.47. The topological polar surface area (TPSA) is 67.9 Å². The Morgan fingerprint density at radius 2 is 2.13 bits per heavy atom. The molecule has 1 saturated heterocycles. The van der Waals surface area contributed by atoms with Crippen LogP contribution in [0.5, 0.6) is 11.5 Å². The minimum Gasteiger partial charge on any atom is -0.493 e. The fourth-order valence-corrected chi connectivity index (χ4v) is 2.41. The van der Waals surface area contributed by atoms with Crippen LogP contribution in [-0.2, 0) is 4.79 Å². The van der Waals surface area contributed by atoms with Gasteiger partial charge >= 0.3 is 6.03 Å². The molecule has 1 fully saturated rings. The van der Waals surface area contributed by atoms with E-state index >= 15 is 0 Å². The number of carbonyl (C=O) groups is 2. The predicted molar refractivity (Wildman–Crippen MR) is 87.6 cm³/mol. The third kappa shape index (κ3) is 3.48. The maximum atomic E-state index is 12.2. The summed E-state index contributed by atoms with van der Waals surface area (Å²) in [6.45, 7) is 5.96. The highest BCUT2D eigenvalue weighted by Gasteiger charge is 2.32. The van der Waals surface area contributed by atoms with Crippen LogP contribution in [0.3, 0.4) is 0 Å². The second kappa shape index (κ2) is 7.19. The van der Waals surface area contributed by atoms with Gasteiger partial charge in [0.05, 0.1) is 18.7 Å². The van der Waals surface area contributed by atoms with Gasteiger partial charge in [-0.05, 0) is 30.7 Å². The Bertz CT molecular complexity index is 685. The van der Waals surface area contributed by atoms with Gasteiger partial charge in [0, 0.05) is 6.54 Å². The molecular formula is C16H17ClN2O4. The molecule has 1 heterocycles. The summed E-state index contributed by atoms with van der Waals surface area (Å²) in [5.41, 5.74) is 0.776. The highest BCUT2D eigenvalue weighted by Crippen LogP contribution is 2.37. The molecule has 0 aromatic heterocycles. The highest BCUT2D eigenvalue weighted by atomic mass is 35.5. The Kier molecular flexibility index (Phi) is 5.28. The van der Waals surface area contributed by atoms with Gasteiger partial charge in [0.15, 0.2) is 11.5 Å². The van der Waals surface area contributed by atoms with Crippen molar-refractivity contribution < 1.29 is 19.1 Å². The molecule has 0 radical (unpaired) electrons. The molecule has 0 spiro atoms. The number of carbonyl (C=O) groups excluding carboxylic acids is 2. The molecule has 3 amide bonds. The van der Waals surface area contributed by atoms with Gasteiger partial charge in [0.2, 0.25) is 0 Å². The van der Waals surface area contributed by atoms with Crippen LogP contribution in [0, 0.1) is 0 Å². The molecule has 0 unspecified atom stereocenters. The molecule has 122 valence electrons. The molecule has 0 saturated carbocycles. The van der Waals surface area contributed by atoms with Crippen molar-refractivity contribution in [1.82, 2.24) is 10.2 Å². The number of nitrogens with zero attached hydrogens (tertiary/aromatic N) is 1. The first-order valence-electron chi connectivity index (χ1n) is 6.97. The number of hydrogen-bond donors (Lipinski definition) is 1. The number of imide groups is 1. The number of nitrogens with one attached hydrogen (secondary N) is 1. The van der Waals surface area contributed by atoms with Crippen LogP contribution in [0.4, 0.5) is 4.79 Å². The lowest BCUT2D eigenvalue weighted by atomic mass is 10.1. The zero-order chi connectivity index (χ0) is 17.0. The molecule has 0 atom stereocenters. The van der Waals surface area contributed by atoms with Crippen molar-refractivity contribution in [3.8, 4) is 11.5 Å². The second-order valence-corrected chi connectivity index (χ2v) is 5.07. The van der Waals surface area contributed by atoms with E-state index in [4.69, 9.17) is 21.1 Å². The number of methoxy groups -OCH3 is 1. The van der Waals surface area contributed by atoms with Crippen LogP contribution in [0.2, 0.25) is 5.02 Å². The Balaban J connectivity index is 2.36. The summed E-state index contributed by atoms with van der Waals surface area (Å²) in [5.74, 6) is 0.471. The highest BCUT2D eigenvalue weighted by molar-refractivity contribution is 6.32. The van der Waals surface area contributed by atoms with E-state index in [0.717, 1.165) is 4.90 Å². The molecule has 1 N–H and O–H groups in total. The molecule has 23 heavy (non-hydrogen) atoms. The molecule has 6 nitrogen and oxygen atoms in total. The molecule has 1 aromatic carbocycles. The van der Waals surface area contributed by atoms with Crippen molar-refractivity contribution in [2.45, 2.75) is 6.92 Å². The Morgan fingerprint density at radius 1 is 1.39 bits per heavy atom. The first kappa shape index (κ1) is 16.9. The van der Waals surface area contributed by atoms with Gasteiger partial charge in [-0.2, -0.15) is 0 Å². The lowest BCUT2D eigenvalue weighted by molar-refractivity contribution is -0.122. The first-order valence-corrected chi connectivity index (χ1v) is 7.35. The summed E-state index contributed by atoms with van der Waals surface area (Å²) in [7, 11) is 1.50.